The molecule has 0 radical (unpaired) electrons. The predicted octanol–water partition coefficient (Wildman–Crippen LogP) is 1.56. The molecule has 0 aromatic heterocycles. The van der Waals surface area contributed by atoms with Crippen molar-refractivity contribution in [2.24, 2.45) is 5.73 Å². The number of carbonyl (C=O) groups is 2. The van der Waals surface area contributed by atoms with Gasteiger partial charge in [-0.1, -0.05) is 36.4 Å². The zero-order valence-electron chi connectivity index (χ0n) is 11.0. The first-order chi connectivity index (χ1) is 10.0. The molecule has 6 nitrogen and oxygen atoms in total. The number of amides is 1. The minimum Gasteiger partial charge on any atom is -0.478 e. The number of benzene rings is 2. The number of hydrogen-bond donors (Lipinski definition) is 4. The molecule has 106 valence electrons. The SMILES string of the molecule is NC(=O)C1(c2ccccc2)Nc2cccc(C(=O)O)c2N1. The summed E-state index contributed by atoms with van der Waals surface area (Å²) in [6, 6.07) is 13.7. The number of primary amides is 1. The van der Waals surface area contributed by atoms with Gasteiger partial charge in [0.15, 0.2) is 0 Å². The summed E-state index contributed by atoms with van der Waals surface area (Å²) in [5.41, 5.74) is 5.78. The number of carboxylic acids is 1. The predicted molar refractivity (Wildman–Crippen MR) is 78.0 cm³/mol. The Labute approximate surface area is 120 Å². The van der Waals surface area contributed by atoms with E-state index in [9.17, 15) is 14.7 Å². The first-order valence-electron chi connectivity index (χ1n) is 6.33. The lowest BCUT2D eigenvalue weighted by atomic mass is 9.99. The normalized spacial score (nSPS) is 19.2. The number of aromatic carboxylic acids is 1. The molecule has 1 heterocycles. The van der Waals surface area contributed by atoms with Crippen LogP contribution < -0.4 is 16.4 Å². The first-order valence-corrected chi connectivity index (χ1v) is 6.33. The molecule has 0 aliphatic carbocycles. The van der Waals surface area contributed by atoms with E-state index in [1.165, 1.54) is 6.07 Å². The molecule has 1 unspecified atom stereocenters. The van der Waals surface area contributed by atoms with Gasteiger partial charge in [-0.05, 0) is 12.1 Å². The van der Waals surface area contributed by atoms with Gasteiger partial charge in [-0.2, -0.15) is 0 Å². The van der Waals surface area contributed by atoms with Crippen molar-refractivity contribution in [1.82, 2.24) is 0 Å². The summed E-state index contributed by atoms with van der Waals surface area (Å²) in [6.07, 6.45) is 0. The zero-order chi connectivity index (χ0) is 15.0. The van der Waals surface area contributed by atoms with Crippen molar-refractivity contribution in [3.05, 3.63) is 59.7 Å². The maximum Gasteiger partial charge on any atom is 0.337 e. The average Bonchev–Trinajstić information content (AvgIpc) is 2.88. The maximum atomic E-state index is 12.0. The van der Waals surface area contributed by atoms with Gasteiger partial charge in [0.2, 0.25) is 5.66 Å². The van der Waals surface area contributed by atoms with Gasteiger partial charge < -0.3 is 21.5 Å². The zero-order valence-corrected chi connectivity index (χ0v) is 11.0. The lowest BCUT2D eigenvalue weighted by molar-refractivity contribution is -0.121. The molecule has 6 heteroatoms. The highest BCUT2D eigenvalue weighted by Gasteiger charge is 2.44. The fourth-order valence-electron chi connectivity index (χ4n) is 2.49. The van der Waals surface area contributed by atoms with Crippen LogP contribution in [-0.4, -0.2) is 17.0 Å². The second-order valence-electron chi connectivity index (χ2n) is 4.76. The number of nitrogens with one attached hydrogen (secondary N) is 2. The van der Waals surface area contributed by atoms with E-state index in [1.54, 1.807) is 36.4 Å². The Balaban J connectivity index is 2.15. The van der Waals surface area contributed by atoms with Gasteiger partial charge in [-0.25, -0.2) is 4.79 Å². The molecule has 1 aliphatic heterocycles. The van der Waals surface area contributed by atoms with Gasteiger partial charge in [-0.15, -0.1) is 0 Å². The van der Waals surface area contributed by atoms with Crippen molar-refractivity contribution >= 4 is 23.3 Å². The highest BCUT2D eigenvalue weighted by Crippen LogP contribution is 2.41. The van der Waals surface area contributed by atoms with Crippen molar-refractivity contribution in [3.63, 3.8) is 0 Å². The number of fused-ring (bicyclic) bond motifs is 1. The monoisotopic (exact) mass is 283 g/mol. The molecule has 2 aromatic carbocycles. The molecule has 1 atom stereocenters. The number of anilines is 2. The van der Waals surface area contributed by atoms with Crippen LogP contribution in [0.15, 0.2) is 48.5 Å². The van der Waals surface area contributed by atoms with Gasteiger partial charge in [0.1, 0.15) is 0 Å². The Morgan fingerprint density at radius 3 is 2.33 bits per heavy atom. The molecule has 1 amide bonds. The number of carbonyl (C=O) groups excluding carboxylic acids is 1. The lowest BCUT2D eigenvalue weighted by Crippen LogP contribution is -2.50. The minimum absolute atomic E-state index is 0.0825. The summed E-state index contributed by atoms with van der Waals surface area (Å²) < 4.78 is 0. The largest absolute Gasteiger partial charge is 0.478 e. The molecule has 0 spiro atoms. The second-order valence-corrected chi connectivity index (χ2v) is 4.76. The summed E-state index contributed by atoms with van der Waals surface area (Å²) in [5.74, 6) is -1.71. The average molecular weight is 283 g/mol. The molecule has 5 N–H and O–H groups in total. The smallest absolute Gasteiger partial charge is 0.337 e. The van der Waals surface area contributed by atoms with Gasteiger partial charge in [-0.3, -0.25) is 4.79 Å². The Morgan fingerprint density at radius 1 is 1.00 bits per heavy atom. The van der Waals surface area contributed by atoms with E-state index in [0.717, 1.165) is 0 Å². The molecular weight excluding hydrogens is 270 g/mol. The third-order valence-corrected chi connectivity index (χ3v) is 3.51. The van der Waals surface area contributed by atoms with Crippen LogP contribution in [0.1, 0.15) is 15.9 Å². The summed E-state index contributed by atoms with van der Waals surface area (Å²) in [5, 5.41) is 15.2. The van der Waals surface area contributed by atoms with E-state index in [-0.39, 0.29) is 5.56 Å². The van der Waals surface area contributed by atoms with Crippen LogP contribution in [0.3, 0.4) is 0 Å². The second kappa shape index (κ2) is 4.52. The maximum absolute atomic E-state index is 12.0. The van der Waals surface area contributed by atoms with Gasteiger partial charge >= 0.3 is 5.97 Å². The number of nitrogens with two attached hydrogens (primary N) is 1. The lowest BCUT2D eigenvalue weighted by Gasteiger charge is -2.27. The van der Waals surface area contributed by atoms with Gasteiger partial charge in [0.05, 0.1) is 16.9 Å². The van der Waals surface area contributed by atoms with Crippen LogP contribution in [0.4, 0.5) is 11.4 Å². The van der Waals surface area contributed by atoms with Crippen LogP contribution in [-0.2, 0) is 10.5 Å². The summed E-state index contributed by atoms with van der Waals surface area (Å²) in [4.78, 5) is 23.3. The fourth-order valence-corrected chi connectivity index (χ4v) is 2.49. The van der Waals surface area contributed by atoms with E-state index in [2.05, 4.69) is 10.6 Å². The first kappa shape index (κ1) is 13.0. The summed E-state index contributed by atoms with van der Waals surface area (Å²) in [7, 11) is 0. The van der Waals surface area contributed by atoms with Crippen molar-refractivity contribution in [3.8, 4) is 0 Å². The van der Waals surface area contributed by atoms with Crippen molar-refractivity contribution in [2.45, 2.75) is 5.66 Å². The molecule has 0 fully saturated rings. The van der Waals surface area contributed by atoms with Crippen LogP contribution in [0.2, 0.25) is 0 Å². The van der Waals surface area contributed by atoms with E-state index in [1.807, 2.05) is 6.07 Å². The third-order valence-electron chi connectivity index (χ3n) is 3.51. The Morgan fingerprint density at radius 2 is 1.71 bits per heavy atom. The molecule has 0 saturated heterocycles. The number of para-hydroxylation sites is 1. The van der Waals surface area contributed by atoms with E-state index in [0.29, 0.717) is 16.9 Å². The highest BCUT2D eigenvalue weighted by molar-refractivity contribution is 6.04. The third kappa shape index (κ3) is 1.88. The van der Waals surface area contributed by atoms with Crippen LogP contribution >= 0.6 is 0 Å². The Hall–Kier alpha value is -3.02. The summed E-state index contributed by atoms with van der Waals surface area (Å²) in [6.45, 7) is 0. The fraction of sp³-hybridized carbons (Fsp3) is 0.0667. The quantitative estimate of drug-likeness (QED) is 0.684. The molecular formula is C15H13N3O3. The van der Waals surface area contributed by atoms with E-state index in [4.69, 9.17) is 5.73 Å². The molecule has 1 aliphatic rings. The number of hydrogen-bond acceptors (Lipinski definition) is 4. The van der Waals surface area contributed by atoms with E-state index < -0.39 is 17.5 Å². The van der Waals surface area contributed by atoms with Crippen LogP contribution in [0, 0.1) is 0 Å². The minimum atomic E-state index is -1.35. The van der Waals surface area contributed by atoms with Crippen molar-refractivity contribution in [2.75, 3.05) is 10.6 Å². The molecule has 0 bridgehead atoms. The molecule has 3 rings (SSSR count). The number of rotatable bonds is 3. The van der Waals surface area contributed by atoms with Gasteiger partial charge in [0, 0.05) is 5.56 Å². The Bertz CT molecular complexity index is 730. The highest BCUT2D eigenvalue weighted by atomic mass is 16.4. The molecule has 0 saturated carbocycles. The summed E-state index contributed by atoms with van der Waals surface area (Å²) >= 11 is 0. The molecule has 21 heavy (non-hydrogen) atoms. The Kier molecular flexibility index (Phi) is 2.79. The van der Waals surface area contributed by atoms with Crippen LogP contribution in [0.5, 0.6) is 0 Å². The van der Waals surface area contributed by atoms with Gasteiger partial charge in [0.25, 0.3) is 5.91 Å². The van der Waals surface area contributed by atoms with Crippen LogP contribution in [0.25, 0.3) is 0 Å². The topological polar surface area (TPSA) is 104 Å². The van der Waals surface area contributed by atoms with Crippen molar-refractivity contribution < 1.29 is 14.7 Å². The molecule has 2 aromatic rings. The van der Waals surface area contributed by atoms with Crippen molar-refractivity contribution in [1.29, 1.82) is 0 Å². The number of carboxylic acid groups (broad SMARTS) is 1. The van der Waals surface area contributed by atoms with E-state index >= 15 is 0 Å². The standard InChI is InChI=1S/C15H13N3O3/c16-14(21)15(9-5-2-1-3-6-9)17-11-8-4-7-10(13(19)20)12(11)18-15/h1-8,17-18H,(H2,16,21)(H,19,20).